The van der Waals surface area contributed by atoms with Crippen molar-refractivity contribution in [3.63, 3.8) is 0 Å². The van der Waals surface area contributed by atoms with Gasteiger partial charge in [-0.2, -0.15) is 0 Å². The predicted octanol–water partition coefficient (Wildman–Crippen LogP) is 0.520. The molecule has 1 aliphatic carbocycles. The van der Waals surface area contributed by atoms with E-state index in [1.165, 1.54) is 7.11 Å². The molecule has 8 heteroatoms. The molecular weight excluding hydrogens is 316 g/mol. The van der Waals surface area contributed by atoms with Gasteiger partial charge >= 0.3 is 0 Å². The molecule has 0 aromatic heterocycles. The first kappa shape index (κ1) is 17.7. The summed E-state index contributed by atoms with van der Waals surface area (Å²) in [4.78, 5) is 6.52. The topological polar surface area (TPSA) is 97.0 Å². The number of benzene rings is 1. The highest BCUT2D eigenvalue weighted by molar-refractivity contribution is 7.89. The van der Waals surface area contributed by atoms with Gasteiger partial charge in [-0.05, 0) is 30.5 Å². The number of nitrogens with one attached hydrogen (secondary N) is 1. The van der Waals surface area contributed by atoms with E-state index in [2.05, 4.69) is 9.71 Å². The van der Waals surface area contributed by atoms with Crippen molar-refractivity contribution in [3.05, 3.63) is 29.8 Å². The molecule has 0 bridgehead atoms. The maximum atomic E-state index is 12.2. The number of hydrogen-bond donors (Lipinski definition) is 2. The number of rotatable bonds is 8. The van der Waals surface area contributed by atoms with Gasteiger partial charge < -0.3 is 15.4 Å². The number of nitrogens with zero attached hydrogens (tertiary/aromatic N) is 2. The second kappa shape index (κ2) is 7.76. The summed E-state index contributed by atoms with van der Waals surface area (Å²) in [6.07, 6.45) is 2.29. The van der Waals surface area contributed by atoms with Crippen molar-refractivity contribution in [2.24, 2.45) is 10.7 Å². The average molecular weight is 340 g/mol. The Kier molecular flexibility index (Phi) is 5.97. The summed E-state index contributed by atoms with van der Waals surface area (Å²) in [6.45, 7) is 0.915. The van der Waals surface area contributed by atoms with Crippen molar-refractivity contribution in [3.8, 4) is 0 Å². The van der Waals surface area contributed by atoms with E-state index in [1.807, 2.05) is 18.0 Å². The van der Waals surface area contributed by atoms with Crippen molar-refractivity contribution in [1.82, 2.24) is 9.62 Å². The molecule has 1 aromatic rings. The lowest BCUT2D eigenvalue weighted by Crippen LogP contribution is -2.35. The highest BCUT2D eigenvalue weighted by atomic mass is 32.2. The van der Waals surface area contributed by atoms with Crippen LogP contribution in [0.25, 0.3) is 0 Å². The van der Waals surface area contributed by atoms with Gasteiger partial charge in [0.05, 0.1) is 18.0 Å². The van der Waals surface area contributed by atoms with Crippen LogP contribution in [-0.4, -0.2) is 52.6 Å². The summed E-state index contributed by atoms with van der Waals surface area (Å²) >= 11 is 0. The molecule has 7 nitrogen and oxygen atoms in total. The number of aliphatic imine (C=N–C) groups is 1. The van der Waals surface area contributed by atoms with Crippen LogP contribution in [0.2, 0.25) is 0 Å². The summed E-state index contributed by atoms with van der Waals surface area (Å²) in [5, 5.41) is 0. The first-order chi connectivity index (χ1) is 10.9. The van der Waals surface area contributed by atoms with Gasteiger partial charge in [0.15, 0.2) is 5.96 Å². The van der Waals surface area contributed by atoms with Crippen LogP contribution in [-0.2, 0) is 21.3 Å². The summed E-state index contributed by atoms with van der Waals surface area (Å²) in [5.74, 6) is 0.485. The van der Waals surface area contributed by atoms with E-state index in [0.717, 1.165) is 18.4 Å². The fraction of sp³-hybridized carbons (Fsp3) is 0.533. The van der Waals surface area contributed by atoms with Crippen LogP contribution in [0, 0.1) is 0 Å². The predicted molar refractivity (Wildman–Crippen MR) is 89.6 cm³/mol. The van der Waals surface area contributed by atoms with Crippen molar-refractivity contribution in [2.75, 3.05) is 27.3 Å². The van der Waals surface area contributed by atoms with Gasteiger partial charge in [-0.1, -0.05) is 12.1 Å². The van der Waals surface area contributed by atoms with Crippen molar-refractivity contribution >= 4 is 16.0 Å². The lowest BCUT2D eigenvalue weighted by molar-refractivity contribution is 0.204. The normalized spacial score (nSPS) is 15.7. The van der Waals surface area contributed by atoms with E-state index in [1.54, 1.807) is 18.2 Å². The van der Waals surface area contributed by atoms with Gasteiger partial charge in [0.25, 0.3) is 0 Å². The Morgan fingerprint density at radius 2 is 2.22 bits per heavy atom. The number of ether oxygens (including phenoxy) is 1. The number of methoxy groups -OCH3 is 1. The Bertz CT molecular complexity index is 656. The van der Waals surface area contributed by atoms with Crippen LogP contribution >= 0.6 is 0 Å². The smallest absolute Gasteiger partial charge is 0.240 e. The van der Waals surface area contributed by atoms with E-state index in [0.29, 0.717) is 25.2 Å². The molecule has 0 radical (unpaired) electrons. The summed E-state index contributed by atoms with van der Waals surface area (Å²) in [5.41, 5.74) is 6.74. The van der Waals surface area contributed by atoms with Crippen molar-refractivity contribution < 1.29 is 13.2 Å². The molecule has 23 heavy (non-hydrogen) atoms. The minimum Gasteiger partial charge on any atom is -0.383 e. The van der Waals surface area contributed by atoms with Crippen LogP contribution in [0.5, 0.6) is 0 Å². The molecule has 0 aliphatic heterocycles. The minimum absolute atomic E-state index is 0.218. The quantitative estimate of drug-likeness (QED) is 0.408. The van der Waals surface area contributed by atoms with E-state index >= 15 is 0 Å². The molecule has 1 aromatic carbocycles. The Balaban J connectivity index is 2.03. The molecule has 0 saturated heterocycles. The van der Waals surface area contributed by atoms with E-state index in [9.17, 15) is 8.42 Å². The van der Waals surface area contributed by atoms with E-state index in [4.69, 9.17) is 10.5 Å². The second-order valence-corrected chi connectivity index (χ2v) is 7.32. The average Bonchev–Trinajstić information content (AvgIpc) is 3.37. The van der Waals surface area contributed by atoms with Gasteiger partial charge in [-0.25, -0.2) is 18.1 Å². The van der Waals surface area contributed by atoms with Crippen LogP contribution in [0.15, 0.2) is 34.2 Å². The van der Waals surface area contributed by atoms with Gasteiger partial charge in [-0.3, -0.25) is 0 Å². The Hall–Kier alpha value is -1.64. The highest BCUT2D eigenvalue weighted by Gasteiger charge is 2.27. The zero-order valence-electron chi connectivity index (χ0n) is 13.5. The zero-order chi connectivity index (χ0) is 16.9. The molecular formula is C15H24N4O3S. The largest absolute Gasteiger partial charge is 0.383 e. The molecule has 3 N–H and O–H groups in total. The zero-order valence-corrected chi connectivity index (χ0v) is 14.3. The second-order valence-electron chi connectivity index (χ2n) is 5.55. The van der Waals surface area contributed by atoms with Crippen LogP contribution < -0.4 is 10.5 Å². The van der Waals surface area contributed by atoms with Crippen molar-refractivity contribution in [2.45, 2.75) is 30.3 Å². The molecule has 1 saturated carbocycles. The number of sulfonamides is 1. The lowest BCUT2D eigenvalue weighted by atomic mass is 10.2. The summed E-state index contributed by atoms with van der Waals surface area (Å²) in [6, 6.07) is 7.21. The van der Waals surface area contributed by atoms with E-state index < -0.39 is 10.0 Å². The van der Waals surface area contributed by atoms with Crippen LogP contribution in [0.3, 0.4) is 0 Å². The minimum atomic E-state index is -3.53. The molecule has 2 rings (SSSR count). The molecule has 1 aliphatic rings. The molecule has 128 valence electrons. The summed E-state index contributed by atoms with van der Waals surface area (Å²) in [7, 11) is -0.0820. The number of nitrogens with two attached hydrogens (primary N) is 1. The third-order valence-corrected chi connectivity index (χ3v) is 5.15. The first-order valence-corrected chi connectivity index (χ1v) is 9.02. The Morgan fingerprint density at radius 3 is 2.87 bits per heavy atom. The van der Waals surface area contributed by atoms with Crippen LogP contribution in [0.1, 0.15) is 18.4 Å². The van der Waals surface area contributed by atoms with E-state index in [-0.39, 0.29) is 11.4 Å². The monoisotopic (exact) mass is 340 g/mol. The maximum Gasteiger partial charge on any atom is 0.240 e. The first-order valence-electron chi connectivity index (χ1n) is 7.54. The van der Waals surface area contributed by atoms with Crippen LogP contribution in [0.4, 0.5) is 0 Å². The Morgan fingerprint density at radius 1 is 1.48 bits per heavy atom. The third-order valence-electron chi connectivity index (χ3n) is 3.69. The fourth-order valence-corrected chi connectivity index (χ4v) is 3.19. The third kappa shape index (κ3) is 5.19. The standard InChI is InChI=1S/C15H24N4O3S/c1-19(13-6-7-13)15(16)17-11-12-4-3-5-14(10-12)23(20,21)18-8-9-22-2/h3-5,10,13,18H,6-9,11H2,1-2H3,(H2,16,17). The number of guanidine groups is 1. The van der Waals surface area contributed by atoms with Gasteiger partial charge in [0.1, 0.15) is 0 Å². The van der Waals surface area contributed by atoms with Gasteiger partial charge in [0, 0.05) is 26.7 Å². The Labute approximate surface area is 137 Å². The molecule has 0 spiro atoms. The lowest BCUT2D eigenvalue weighted by Gasteiger charge is -2.16. The number of hydrogen-bond acceptors (Lipinski definition) is 4. The molecule has 1 fully saturated rings. The highest BCUT2D eigenvalue weighted by Crippen LogP contribution is 2.25. The fourth-order valence-electron chi connectivity index (χ4n) is 2.11. The van der Waals surface area contributed by atoms with Crippen molar-refractivity contribution in [1.29, 1.82) is 0 Å². The SMILES string of the molecule is COCCNS(=O)(=O)c1cccc(CN=C(N)N(C)C2CC2)c1. The van der Waals surface area contributed by atoms with Gasteiger partial charge in [0.2, 0.25) is 10.0 Å². The molecule has 0 unspecified atom stereocenters. The molecule has 0 atom stereocenters. The molecule has 0 heterocycles. The maximum absolute atomic E-state index is 12.2. The summed E-state index contributed by atoms with van der Waals surface area (Å²) < 4.78 is 31.7. The molecule has 0 amide bonds. The van der Waals surface area contributed by atoms with Gasteiger partial charge in [-0.15, -0.1) is 0 Å².